The summed E-state index contributed by atoms with van der Waals surface area (Å²) in [6.07, 6.45) is 1.67. The third-order valence-electron chi connectivity index (χ3n) is 2.89. The molecule has 2 heterocycles. The number of nitrogens with zero attached hydrogens (tertiary/aromatic N) is 1. The van der Waals surface area contributed by atoms with Gasteiger partial charge >= 0.3 is 5.97 Å². The highest BCUT2D eigenvalue weighted by Gasteiger charge is 2.16. The smallest absolute Gasteiger partial charge is 0.325 e. The van der Waals surface area contributed by atoms with E-state index in [-0.39, 0.29) is 19.3 Å². The zero-order valence-electron chi connectivity index (χ0n) is 10.3. The van der Waals surface area contributed by atoms with Gasteiger partial charge in [0.05, 0.1) is 7.11 Å². The normalized spacial score (nSPS) is 12.5. The summed E-state index contributed by atoms with van der Waals surface area (Å²) in [5.74, 6) is 1.67. The van der Waals surface area contributed by atoms with Gasteiger partial charge in [0.15, 0.2) is 11.5 Å². The minimum Gasteiger partial charge on any atom is -0.468 e. The summed E-state index contributed by atoms with van der Waals surface area (Å²) in [5.41, 5.74) is 0. The molecule has 19 heavy (non-hydrogen) atoms. The second-order valence-electron chi connectivity index (χ2n) is 4.02. The molecule has 0 fully saturated rings. The number of carbonyl (C=O) groups is 1. The zero-order valence-corrected chi connectivity index (χ0v) is 10.3. The molecule has 1 aromatic heterocycles. The van der Waals surface area contributed by atoms with E-state index >= 15 is 0 Å². The van der Waals surface area contributed by atoms with Gasteiger partial charge in [0.1, 0.15) is 12.4 Å². The van der Waals surface area contributed by atoms with Gasteiger partial charge in [-0.1, -0.05) is 0 Å². The third-order valence-corrected chi connectivity index (χ3v) is 2.89. The molecule has 0 amide bonds. The van der Waals surface area contributed by atoms with Crippen molar-refractivity contribution in [2.75, 3.05) is 25.8 Å². The van der Waals surface area contributed by atoms with Crippen LogP contribution >= 0.6 is 0 Å². The minimum absolute atomic E-state index is 0.0665. The van der Waals surface area contributed by atoms with E-state index in [1.165, 1.54) is 7.11 Å². The Kier molecular flexibility index (Phi) is 2.83. The van der Waals surface area contributed by atoms with Crippen LogP contribution in [0.2, 0.25) is 0 Å². The fourth-order valence-corrected chi connectivity index (χ4v) is 1.93. The molecule has 0 spiro atoms. The summed E-state index contributed by atoms with van der Waals surface area (Å²) in [4.78, 5) is 15.4. The SMILES string of the molecule is COC(=O)CNc1nccc2cc3c(cc12)OCO3. The van der Waals surface area contributed by atoms with Crippen LogP contribution in [-0.4, -0.2) is 31.4 Å². The molecule has 2 aromatic rings. The van der Waals surface area contributed by atoms with Crippen molar-refractivity contribution in [2.45, 2.75) is 0 Å². The van der Waals surface area contributed by atoms with Crippen molar-refractivity contribution < 1.29 is 19.0 Å². The van der Waals surface area contributed by atoms with Crippen LogP contribution in [0, 0.1) is 0 Å². The predicted octanol–water partition coefficient (Wildman–Crippen LogP) is 1.55. The molecule has 0 saturated carbocycles. The highest BCUT2D eigenvalue weighted by atomic mass is 16.7. The number of carbonyl (C=O) groups excluding carboxylic acids is 1. The van der Waals surface area contributed by atoms with Crippen LogP contribution in [0.5, 0.6) is 11.5 Å². The van der Waals surface area contributed by atoms with E-state index in [0.29, 0.717) is 11.6 Å². The van der Waals surface area contributed by atoms with E-state index < -0.39 is 0 Å². The maximum absolute atomic E-state index is 11.2. The van der Waals surface area contributed by atoms with Crippen molar-refractivity contribution >= 4 is 22.6 Å². The standard InChI is InChI=1S/C13H12N2O4/c1-17-12(16)6-15-13-9-5-11-10(18-7-19-11)4-8(9)2-3-14-13/h2-5H,6-7H2,1H3,(H,14,15). The predicted molar refractivity (Wildman–Crippen MR) is 68.4 cm³/mol. The first-order valence-electron chi connectivity index (χ1n) is 5.77. The molecule has 1 aliphatic heterocycles. The fraction of sp³-hybridized carbons (Fsp3) is 0.231. The number of nitrogens with one attached hydrogen (secondary N) is 1. The largest absolute Gasteiger partial charge is 0.468 e. The Morgan fingerprint density at radius 1 is 1.42 bits per heavy atom. The first-order valence-corrected chi connectivity index (χ1v) is 5.77. The summed E-state index contributed by atoms with van der Waals surface area (Å²) in [5, 5.41) is 4.78. The van der Waals surface area contributed by atoms with Gasteiger partial charge in [-0.2, -0.15) is 0 Å². The monoisotopic (exact) mass is 260 g/mol. The molecule has 0 bridgehead atoms. The van der Waals surface area contributed by atoms with Crippen molar-refractivity contribution in [2.24, 2.45) is 0 Å². The molecular formula is C13H12N2O4. The lowest BCUT2D eigenvalue weighted by atomic mass is 10.1. The zero-order chi connectivity index (χ0) is 13.2. The number of rotatable bonds is 3. The molecule has 1 aromatic carbocycles. The van der Waals surface area contributed by atoms with Gasteiger partial charge < -0.3 is 19.5 Å². The fourth-order valence-electron chi connectivity index (χ4n) is 1.93. The molecule has 3 rings (SSSR count). The molecule has 6 nitrogen and oxygen atoms in total. The van der Waals surface area contributed by atoms with E-state index in [9.17, 15) is 4.79 Å². The number of anilines is 1. The van der Waals surface area contributed by atoms with Crippen molar-refractivity contribution in [3.05, 3.63) is 24.4 Å². The molecule has 0 saturated heterocycles. The summed E-state index contributed by atoms with van der Waals surface area (Å²) in [7, 11) is 1.35. The van der Waals surface area contributed by atoms with Crippen LogP contribution < -0.4 is 14.8 Å². The Hall–Kier alpha value is -2.50. The van der Waals surface area contributed by atoms with Crippen LogP contribution in [0.15, 0.2) is 24.4 Å². The van der Waals surface area contributed by atoms with E-state index in [2.05, 4.69) is 15.0 Å². The summed E-state index contributed by atoms with van der Waals surface area (Å²) < 4.78 is 15.2. The Bertz CT molecular complexity index is 642. The van der Waals surface area contributed by atoms with Crippen LogP contribution in [0.3, 0.4) is 0 Å². The summed E-state index contributed by atoms with van der Waals surface area (Å²) in [6.45, 7) is 0.293. The second kappa shape index (κ2) is 4.64. The lowest BCUT2D eigenvalue weighted by Gasteiger charge is -2.08. The van der Waals surface area contributed by atoms with Crippen molar-refractivity contribution in [3.8, 4) is 11.5 Å². The molecule has 1 N–H and O–H groups in total. The number of esters is 1. The van der Waals surface area contributed by atoms with Gasteiger partial charge in [0.25, 0.3) is 0 Å². The van der Waals surface area contributed by atoms with Crippen LogP contribution in [0.25, 0.3) is 10.8 Å². The number of methoxy groups -OCH3 is 1. The van der Waals surface area contributed by atoms with Crippen molar-refractivity contribution in [1.82, 2.24) is 4.98 Å². The Morgan fingerprint density at radius 3 is 3.00 bits per heavy atom. The second-order valence-corrected chi connectivity index (χ2v) is 4.02. The van der Waals surface area contributed by atoms with Gasteiger partial charge in [-0.15, -0.1) is 0 Å². The molecule has 0 atom stereocenters. The lowest BCUT2D eigenvalue weighted by molar-refractivity contribution is -0.138. The number of pyridine rings is 1. The van der Waals surface area contributed by atoms with Crippen molar-refractivity contribution in [3.63, 3.8) is 0 Å². The minimum atomic E-state index is -0.348. The van der Waals surface area contributed by atoms with Gasteiger partial charge in [-0.05, 0) is 23.6 Å². The lowest BCUT2D eigenvalue weighted by Crippen LogP contribution is -2.15. The number of aromatic nitrogens is 1. The van der Waals surface area contributed by atoms with Crippen LogP contribution in [-0.2, 0) is 9.53 Å². The molecular weight excluding hydrogens is 248 g/mol. The van der Waals surface area contributed by atoms with E-state index in [1.807, 2.05) is 18.2 Å². The average molecular weight is 260 g/mol. The van der Waals surface area contributed by atoms with E-state index in [1.54, 1.807) is 6.20 Å². The summed E-state index contributed by atoms with van der Waals surface area (Å²) in [6, 6.07) is 5.62. The van der Waals surface area contributed by atoms with Gasteiger partial charge in [-0.3, -0.25) is 4.79 Å². The third kappa shape index (κ3) is 2.12. The molecule has 0 aliphatic carbocycles. The van der Waals surface area contributed by atoms with Gasteiger partial charge in [0.2, 0.25) is 6.79 Å². The Labute approximate surface area is 109 Å². The number of hydrogen-bond donors (Lipinski definition) is 1. The highest BCUT2D eigenvalue weighted by Crippen LogP contribution is 2.37. The number of benzene rings is 1. The van der Waals surface area contributed by atoms with E-state index in [4.69, 9.17) is 9.47 Å². The molecule has 0 unspecified atom stereocenters. The highest BCUT2D eigenvalue weighted by molar-refractivity contribution is 5.95. The molecule has 0 radical (unpaired) electrons. The summed E-state index contributed by atoms with van der Waals surface area (Å²) >= 11 is 0. The quantitative estimate of drug-likeness (QED) is 0.844. The van der Waals surface area contributed by atoms with Crippen LogP contribution in [0.4, 0.5) is 5.82 Å². The first kappa shape index (κ1) is 11.6. The maximum Gasteiger partial charge on any atom is 0.325 e. The van der Waals surface area contributed by atoms with Gasteiger partial charge in [-0.25, -0.2) is 4.98 Å². The molecule has 98 valence electrons. The maximum atomic E-state index is 11.2. The van der Waals surface area contributed by atoms with E-state index in [0.717, 1.165) is 16.5 Å². The first-order chi connectivity index (χ1) is 9.28. The topological polar surface area (TPSA) is 69.7 Å². The Balaban J connectivity index is 1.98. The molecule has 6 heteroatoms. The van der Waals surface area contributed by atoms with Gasteiger partial charge in [0, 0.05) is 11.6 Å². The van der Waals surface area contributed by atoms with Crippen molar-refractivity contribution in [1.29, 1.82) is 0 Å². The molecule has 1 aliphatic rings. The number of ether oxygens (including phenoxy) is 3. The number of fused-ring (bicyclic) bond motifs is 2. The Morgan fingerprint density at radius 2 is 2.21 bits per heavy atom. The average Bonchev–Trinajstić information content (AvgIpc) is 2.89. The number of hydrogen-bond acceptors (Lipinski definition) is 6. The van der Waals surface area contributed by atoms with Crippen LogP contribution in [0.1, 0.15) is 0 Å².